The molecule has 1 aromatic rings. The molecule has 0 saturated carbocycles. The zero-order valence-corrected chi connectivity index (χ0v) is 21.3. The summed E-state index contributed by atoms with van der Waals surface area (Å²) in [7, 11) is 0. The van der Waals surface area contributed by atoms with Crippen LogP contribution >= 0.6 is 0 Å². The maximum Gasteiger partial charge on any atom is 0.338 e. The Bertz CT molecular complexity index is 899. The van der Waals surface area contributed by atoms with E-state index in [0.717, 1.165) is 30.4 Å². The normalized spacial score (nSPS) is 17.2. The number of benzene rings is 1. The summed E-state index contributed by atoms with van der Waals surface area (Å²) in [6, 6.07) is 9.71. The Morgan fingerprint density at radius 2 is 1.70 bits per heavy atom. The van der Waals surface area contributed by atoms with Crippen LogP contribution in [0.1, 0.15) is 73.3 Å². The molecule has 2 unspecified atom stereocenters. The molecule has 0 aliphatic heterocycles. The van der Waals surface area contributed by atoms with Crippen LogP contribution in [0.3, 0.4) is 0 Å². The third-order valence-corrected chi connectivity index (χ3v) is 6.32. The SMILES string of the molecule is CC(C)CC(C)(C(=O)OC(C)COC(=O)/C(=C\c1ccccc1)C1=CCCC=C1)C(C)(C)C. The molecule has 33 heavy (non-hydrogen) atoms. The molecule has 1 aliphatic rings. The van der Waals surface area contributed by atoms with E-state index in [2.05, 4.69) is 46.8 Å². The second kappa shape index (κ2) is 11.5. The maximum absolute atomic E-state index is 13.1. The van der Waals surface area contributed by atoms with E-state index < -0.39 is 17.5 Å². The van der Waals surface area contributed by atoms with Crippen LogP contribution in [0.2, 0.25) is 0 Å². The van der Waals surface area contributed by atoms with Crippen molar-refractivity contribution in [2.45, 2.75) is 73.8 Å². The zero-order chi connectivity index (χ0) is 24.6. The highest BCUT2D eigenvalue weighted by Gasteiger charge is 2.46. The minimum atomic E-state index is -0.629. The first-order chi connectivity index (χ1) is 15.4. The van der Waals surface area contributed by atoms with Crippen LogP contribution in [0.25, 0.3) is 6.08 Å². The van der Waals surface area contributed by atoms with Crippen molar-refractivity contribution < 1.29 is 19.1 Å². The summed E-state index contributed by atoms with van der Waals surface area (Å²) >= 11 is 0. The van der Waals surface area contributed by atoms with Crippen LogP contribution < -0.4 is 0 Å². The summed E-state index contributed by atoms with van der Waals surface area (Å²) in [6.07, 6.45) is 9.97. The van der Waals surface area contributed by atoms with Gasteiger partial charge in [-0.2, -0.15) is 0 Å². The van der Waals surface area contributed by atoms with Crippen LogP contribution in [0.5, 0.6) is 0 Å². The number of ether oxygens (including phenoxy) is 2. The smallest absolute Gasteiger partial charge is 0.338 e. The second-order valence-electron chi connectivity index (χ2n) is 10.6. The lowest BCUT2D eigenvalue weighted by atomic mass is 9.64. The van der Waals surface area contributed by atoms with E-state index in [-0.39, 0.29) is 18.0 Å². The minimum absolute atomic E-state index is 0.00952. The van der Waals surface area contributed by atoms with Gasteiger partial charge in [0.15, 0.2) is 0 Å². The quantitative estimate of drug-likeness (QED) is 0.301. The molecule has 2 rings (SSSR count). The van der Waals surface area contributed by atoms with Gasteiger partial charge >= 0.3 is 11.9 Å². The van der Waals surface area contributed by atoms with E-state index in [0.29, 0.717) is 11.5 Å². The molecule has 1 aliphatic carbocycles. The fourth-order valence-corrected chi connectivity index (χ4v) is 3.92. The second-order valence-corrected chi connectivity index (χ2v) is 10.6. The first-order valence-corrected chi connectivity index (χ1v) is 12.0. The van der Waals surface area contributed by atoms with Gasteiger partial charge in [-0.15, -0.1) is 0 Å². The van der Waals surface area contributed by atoms with E-state index in [1.807, 2.05) is 49.4 Å². The Hall–Kier alpha value is -2.62. The van der Waals surface area contributed by atoms with Gasteiger partial charge in [0.1, 0.15) is 12.7 Å². The summed E-state index contributed by atoms with van der Waals surface area (Å²) in [5, 5.41) is 0. The third-order valence-electron chi connectivity index (χ3n) is 6.32. The fraction of sp³-hybridized carbons (Fsp3) is 0.517. The van der Waals surface area contributed by atoms with Crippen molar-refractivity contribution in [3.05, 3.63) is 65.3 Å². The molecule has 4 heteroatoms. The predicted molar refractivity (Wildman–Crippen MR) is 134 cm³/mol. The molecule has 0 heterocycles. The molecule has 180 valence electrons. The minimum Gasteiger partial charge on any atom is -0.459 e. The van der Waals surface area contributed by atoms with Crippen molar-refractivity contribution in [1.29, 1.82) is 0 Å². The molecule has 0 N–H and O–H groups in total. The zero-order valence-electron chi connectivity index (χ0n) is 21.3. The Balaban J connectivity index is 2.10. The Morgan fingerprint density at radius 3 is 2.24 bits per heavy atom. The number of hydrogen-bond acceptors (Lipinski definition) is 4. The highest BCUT2D eigenvalue weighted by molar-refractivity contribution is 5.99. The summed E-state index contributed by atoms with van der Waals surface area (Å²) in [5.41, 5.74) is 1.41. The lowest BCUT2D eigenvalue weighted by Crippen LogP contribution is -2.44. The van der Waals surface area contributed by atoms with Crippen LogP contribution in [0.4, 0.5) is 0 Å². The Labute approximate surface area is 199 Å². The predicted octanol–water partition coefficient (Wildman–Crippen LogP) is 6.92. The molecular weight excluding hydrogens is 412 g/mol. The number of rotatable bonds is 9. The average Bonchev–Trinajstić information content (AvgIpc) is 2.75. The fourth-order valence-electron chi connectivity index (χ4n) is 3.92. The average molecular weight is 453 g/mol. The topological polar surface area (TPSA) is 52.6 Å². The monoisotopic (exact) mass is 452 g/mol. The van der Waals surface area contributed by atoms with Crippen LogP contribution in [-0.4, -0.2) is 24.6 Å². The molecule has 0 aromatic heterocycles. The number of hydrogen-bond donors (Lipinski definition) is 0. The molecule has 1 aromatic carbocycles. The van der Waals surface area contributed by atoms with E-state index in [1.165, 1.54) is 0 Å². The summed E-state index contributed by atoms with van der Waals surface area (Å²) in [4.78, 5) is 26.2. The van der Waals surface area contributed by atoms with Gasteiger partial charge in [-0.25, -0.2) is 4.79 Å². The lowest BCUT2D eigenvalue weighted by Gasteiger charge is -2.41. The summed E-state index contributed by atoms with van der Waals surface area (Å²) < 4.78 is 11.4. The van der Waals surface area contributed by atoms with Gasteiger partial charge in [0.25, 0.3) is 0 Å². The van der Waals surface area contributed by atoms with Gasteiger partial charge < -0.3 is 9.47 Å². The number of carbonyl (C=O) groups is 2. The molecule has 0 fully saturated rings. The van der Waals surface area contributed by atoms with Crippen LogP contribution in [0, 0.1) is 16.7 Å². The first kappa shape index (κ1) is 26.6. The van der Waals surface area contributed by atoms with E-state index >= 15 is 0 Å². The Morgan fingerprint density at radius 1 is 1.03 bits per heavy atom. The summed E-state index contributed by atoms with van der Waals surface area (Å²) in [5.74, 6) is -0.303. The third kappa shape index (κ3) is 7.45. The Kier molecular flexibility index (Phi) is 9.27. The van der Waals surface area contributed by atoms with Gasteiger partial charge in [-0.05, 0) is 61.7 Å². The van der Waals surface area contributed by atoms with E-state index in [9.17, 15) is 9.59 Å². The molecule has 0 bridgehead atoms. The molecule has 0 spiro atoms. The molecular formula is C29H40O4. The van der Waals surface area contributed by atoms with Crippen molar-refractivity contribution >= 4 is 18.0 Å². The molecule has 0 saturated heterocycles. The van der Waals surface area contributed by atoms with Gasteiger partial charge in [0.05, 0.1) is 11.0 Å². The molecule has 0 radical (unpaired) electrons. The molecule has 0 amide bonds. The van der Waals surface area contributed by atoms with Crippen molar-refractivity contribution in [2.75, 3.05) is 6.61 Å². The van der Waals surface area contributed by atoms with Gasteiger partial charge in [-0.3, -0.25) is 4.79 Å². The highest BCUT2D eigenvalue weighted by atomic mass is 16.6. The van der Waals surface area contributed by atoms with Crippen LogP contribution in [-0.2, 0) is 19.1 Å². The first-order valence-electron chi connectivity index (χ1n) is 12.0. The lowest BCUT2D eigenvalue weighted by molar-refractivity contribution is -0.172. The maximum atomic E-state index is 13.1. The van der Waals surface area contributed by atoms with Gasteiger partial charge in [-0.1, -0.05) is 83.2 Å². The largest absolute Gasteiger partial charge is 0.459 e. The molecule has 4 nitrogen and oxygen atoms in total. The van der Waals surface area contributed by atoms with Gasteiger partial charge in [0, 0.05) is 0 Å². The van der Waals surface area contributed by atoms with Crippen molar-refractivity contribution in [2.24, 2.45) is 16.7 Å². The standard InChI is InChI=1S/C29H40O4/c1-21(2)19-29(7,28(4,5)6)27(31)33-22(3)20-32-26(30)25(24-16-12-9-13-17-24)18-23-14-10-8-11-15-23/h8,10-12,14-18,21-22H,9,13,19-20H2,1-7H3/b25-18-. The van der Waals surface area contributed by atoms with E-state index in [1.54, 1.807) is 6.92 Å². The number of esters is 2. The number of allylic oxidation sites excluding steroid dienone is 3. The molecule has 2 atom stereocenters. The summed E-state index contributed by atoms with van der Waals surface area (Å²) in [6.45, 7) is 14.2. The van der Waals surface area contributed by atoms with Crippen molar-refractivity contribution in [3.63, 3.8) is 0 Å². The number of carbonyl (C=O) groups excluding carboxylic acids is 2. The van der Waals surface area contributed by atoms with E-state index in [4.69, 9.17) is 9.47 Å². The van der Waals surface area contributed by atoms with Crippen LogP contribution in [0.15, 0.2) is 59.7 Å². The van der Waals surface area contributed by atoms with Crippen molar-refractivity contribution in [1.82, 2.24) is 0 Å². The highest BCUT2D eigenvalue weighted by Crippen LogP contribution is 2.44. The van der Waals surface area contributed by atoms with Gasteiger partial charge in [0.2, 0.25) is 0 Å². The van der Waals surface area contributed by atoms with Crippen molar-refractivity contribution in [3.8, 4) is 0 Å².